The molecule has 8 heteroatoms. The van der Waals surface area contributed by atoms with E-state index in [1.165, 1.54) is 18.2 Å². The molecular formula is C18H16N4O4. The lowest BCUT2D eigenvalue weighted by atomic mass is 10.00. The molecule has 8 nitrogen and oxygen atoms in total. The van der Waals surface area contributed by atoms with Crippen LogP contribution in [0.5, 0.6) is 0 Å². The molecule has 0 aromatic heterocycles. The molecule has 0 aliphatic rings. The van der Waals surface area contributed by atoms with Crippen molar-refractivity contribution in [3.05, 3.63) is 75.3 Å². The third-order valence-corrected chi connectivity index (χ3v) is 3.73. The van der Waals surface area contributed by atoms with Gasteiger partial charge in [0.15, 0.2) is 0 Å². The van der Waals surface area contributed by atoms with Crippen molar-refractivity contribution in [2.24, 2.45) is 5.73 Å². The summed E-state index contributed by atoms with van der Waals surface area (Å²) in [4.78, 5) is 34.1. The highest BCUT2D eigenvalue weighted by Gasteiger charge is 2.20. The zero-order valence-corrected chi connectivity index (χ0v) is 13.7. The third kappa shape index (κ3) is 4.88. The van der Waals surface area contributed by atoms with Crippen LogP contribution in [0.15, 0.2) is 48.5 Å². The predicted molar refractivity (Wildman–Crippen MR) is 92.8 cm³/mol. The largest absolute Gasteiger partial charge is 0.368 e. The first-order chi connectivity index (χ1) is 12.4. The molecular weight excluding hydrogens is 336 g/mol. The number of nitro groups is 1. The first-order valence-electron chi connectivity index (χ1n) is 7.70. The summed E-state index contributed by atoms with van der Waals surface area (Å²) in [5.74, 6) is -1.23. The summed E-state index contributed by atoms with van der Waals surface area (Å²) in [5.41, 5.74) is 6.66. The van der Waals surface area contributed by atoms with Crippen LogP contribution in [0.25, 0.3) is 0 Å². The van der Waals surface area contributed by atoms with Crippen LogP contribution in [-0.4, -0.2) is 22.8 Å². The molecule has 2 aromatic carbocycles. The second kappa shape index (κ2) is 8.39. The van der Waals surface area contributed by atoms with Crippen molar-refractivity contribution in [2.75, 3.05) is 0 Å². The van der Waals surface area contributed by atoms with E-state index >= 15 is 0 Å². The van der Waals surface area contributed by atoms with E-state index in [4.69, 9.17) is 11.0 Å². The van der Waals surface area contributed by atoms with Crippen molar-refractivity contribution in [3.8, 4) is 6.07 Å². The summed E-state index contributed by atoms with van der Waals surface area (Å²) in [5, 5.41) is 22.4. The number of carbonyl (C=O) groups excluding carboxylic acids is 2. The summed E-state index contributed by atoms with van der Waals surface area (Å²) in [6.07, 6.45) is -0.0505. The Morgan fingerprint density at radius 1 is 1.23 bits per heavy atom. The van der Waals surface area contributed by atoms with Crippen LogP contribution in [0.1, 0.15) is 16.7 Å². The number of nitriles is 1. The van der Waals surface area contributed by atoms with Gasteiger partial charge in [-0.1, -0.05) is 30.3 Å². The quantitative estimate of drug-likeness (QED) is 0.569. The lowest BCUT2D eigenvalue weighted by Gasteiger charge is -2.16. The Hall–Kier alpha value is -3.73. The summed E-state index contributed by atoms with van der Waals surface area (Å²) in [7, 11) is 0. The maximum absolute atomic E-state index is 12.2. The highest BCUT2D eigenvalue weighted by Crippen LogP contribution is 2.14. The van der Waals surface area contributed by atoms with Crippen molar-refractivity contribution in [1.29, 1.82) is 5.26 Å². The van der Waals surface area contributed by atoms with E-state index in [1.807, 2.05) is 6.07 Å². The Morgan fingerprint density at radius 2 is 1.96 bits per heavy atom. The summed E-state index contributed by atoms with van der Waals surface area (Å²) in [6.45, 7) is 0. The molecule has 3 N–H and O–H groups in total. The van der Waals surface area contributed by atoms with Gasteiger partial charge in [0.05, 0.1) is 23.0 Å². The topological polar surface area (TPSA) is 139 Å². The highest BCUT2D eigenvalue weighted by atomic mass is 16.6. The number of nitrogens with two attached hydrogens (primary N) is 1. The van der Waals surface area contributed by atoms with Gasteiger partial charge in [0, 0.05) is 18.6 Å². The molecule has 1 atom stereocenters. The summed E-state index contributed by atoms with van der Waals surface area (Å²) < 4.78 is 0. The second-order valence-corrected chi connectivity index (χ2v) is 5.60. The van der Waals surface area contributed by atoms with Gasteiger partial charge in [0.2, 0.25) is 11.8 Å². The van der Waals surface area contributed by atoms with E-state index < -0.39 is 22.8 Å². The number of nitro benzene ring substituents is 1. The predicted octanol–water partition coefficient (Wildman–Crippen LogP) is 1.22. The molecule has 0 radical (unpaired) electrons. The number of carbonyl (C=O) groups is 2. The van der Waals surface area contributed by atoms with Crippen LogP contribution < -0.4 is 11.1 Å². The number of primary amides is 1. The number of benzene rings is 2. The molecule has 0 fully saturated rings. The van der Waals surface area contributed by atoms with Crippen molar-refractivity contribution >= 4 is 17.5 Å². The van der Waals surface area contributed by atoms with Crippen molar-refractivity contribution < 1.29 is 14.5 Å². The van der Waals surface area contributed by atoms with Crippen LogP contribution in [0.3, 0.4) is 0 Å². The van der Waals surface area contributed by atoms with Crippen LogP contribution in [-0.2, 0) is 22.4 Å². The zero-order chi connectivity index (χ0) is 19.1. The molecule has 0 saturated carbocycles. The Balaban J connectivity index is 2.09. The highest BCUT2D eigenvalue weighted by molar-refractivity contribution is 5.87. The van der Waals surface area contributed by atoms with E-state index in [1.54, 1.807) is 30.3 Å². The molecule has 2 amide bonds. The van der Waals surface area contributed by atoms with Crippen LogP contribution >= 0.6 is 0 Å². The molecule has 0 unspecified atom stereocenters. The number of amides is 2. The van der Waals surface area contributed by atoms with Gasteiger partial charge in [-0.15, -0.1) is 0 Å². The van der Waals surface area contributed by atoms with Crippen LogP contribution in [0.4, 0.5) is 5.69 Å². The SMILES string of the molecule is N#Cc1ccccc1C[C@H](NC(=O)Cc1cccc([N+](=O)[O-])c1)C(N)=O. The second-order valence-electron chi connectivity index (χ2n) is 5.60. The van der Waals surface area contributed by atoms with Crippen molar-refractivity contribution in [3.63, 3.8) is 0 Å². The van der Waals surface area contributed by atoms with Gasteiger partial charge in [0.25, 0.3) is 5.69 Å². The Morgan fingerprint density at radius 3 is 2.62 bits per heavy atom. The zero-order valence-electron chi connectivity index (χ0n) is 13.7. The first kappa shape index (κ1) is 18.6. The van der Waals surface area contributed by atoms with E-state index in [0.29, 0.717) is 16.7 Å². The maximum Gasteiger partial charge on any atom is 0.269 e. The van der Waals surface area contributed by atoms with Gasteiger partial charge >= 0.3 is 0 Å². The number of nitrogens with zero attached hydrogens (tertiary/aromatic N) is 2. The Labute approximate surface area is 149 Å². The first-order valence-corrected chi connectivity index (χ1v) is 7.70. The monoisotopic (exact) mass is 352 g/mol. The standard InChI is InChI=1S/C18H16N4O4/c19-11-14-6-2-1-5-13(14)10-16(18(20)24)21-17(23)9-12-4-3-7-15(8-12)22(25)26/h1-8,16H,9-10H2,(H2,20,24)(H,21,23)/t16-/m0/s1. The third-order valence-electron chi connectivity index (χ3n) is 3.73. The molecule has 26 heavy (non-hydrogen) atoms. The molecule has 2 rings (SSSR count). The molecule has 0 bridgehead atoms. The van der Waals surface area contributed by atoms with E-state index in [-0.39, 0.29) is 18.5 Å². The van der Waals surface area contributed by atoms with Gasteiger partial charge < -0.3 is 11.1 Å². The maximum atomic E-state index is 12.2. The molecule has 0 spiro atoms. The summed E-state index contributed by atoms with van der Waals surface area (Å²) in [6, 6.07) is 13.4. The average molecular weight is 352 g/mol. The molecule has 0 heterocycles. The minimum absolute atomic E-state index is 0.0831. The van der Waals surface area contributed by atoms with Crippen molar-refractivity contribution in [2.45, 2.75) is 18.9 Å². The van der Waals surface area contributed by atoms with Crippen LogP contribution in [0, 0.1) is 21.4 Å². The van der Waals surface area contributed by atoms with E-state index in [0.717, 1.165) is 0 Å². The smallest absolute Gasteiger partial charge is 0.269 e. The lowest BCUT2D eigenvalue weighted by molar-refractivity contribution is -0.384. The normalized spacial score (nSPS) is 11.2. The van der Waals surface area contributed by atoms with Gasteiger partial charge in [-0.2, -0.15) is 5.26 Å². The number of hydrogen-bond acceptors (Lipinski definition) is 5. The number of nitrogens with one attached hydrogen (secondary N) is 1. The molecule has 132 valence electrons. The Bertz CT molecular complexity index is 889. The summed E-state index contributed by atoms with van der Waals surface area (Å²) >= 11 is 0. The van der Waals surface area contributed by atoms with E-state index in [9.17, 15) is 19.7 Å². The van der Waals surface area contributed by atoms with Crippen LogP contribution in [0.2, 0.25) is 0 Å². The molecule has 0 saturated heterocycles. The fraction of sp³-hybridized carbons (Fsp3) is 0.167. The minimum atomic E-state index is -0.990. The average Bonchev–Trinajstić information content (AvgIpc) is 2.61. The van der Waals surface area contributed by atoms with Gasteiger partial charge in [0.1, 0.15) is 6.04 Å². The number of hydrogen-bond donors (Lipinski definition) is 2. The lowest BCUT2D eigenvalue weighted by Crippen LogP contribution is -2.46. The fourth-order valence-electron chi connectivity index (χ4n) is 2.46. The van der Waals surface area contributed by atoms with Gasteiger partial charge in [-0.25, -0.2) is 0 Å². The molecule has 2 aromatic rings. The molecule has 0 aliphatic heterocycles. The minimum Gasteiger partial charge on any atom is -0.368 e. The number of non-ortho nitro benzene ring substituents is 1. The van der Waals surface area contributed by atoms with Gasteiger partial charge in [-0.3, -0.25) is 19.7 Å². The fourth-order valence-corrected chi connectivity index (χ4v) is 2.46. The molecule has 0 aliphatic carbocycles. The van der Waals surface area contributed by atoms with Gasteiger partial charge in [-0.05, 0) is 17.2 Å². The Kier molecular flexibility index (Phi) is 6.01. The van der Waals surface area contributed by atoms with E-state index in [2.05, 4.69) is 5.32 Å². The van der Waals surface area contributed by atoms with Crippen molar-refractivity contribution in [1.82, 2.24) is 5.32 Å². The number of rotatable bonds is 7.